The molecule has 6 amide bonds. The number of hydrogen-bond donors (Lipinski definition) is 3. The molecule has 1 atom stereocenters. The van der Waals surface area contributed by atoms with E-state index in [1.165, 1.54) is 0 Å². The van der Waals surface area contributed by atoms with Gasteiger partial charge >= 0.3 is 12.1 Å². The number of aryl methyl sites for hydroxylation is 1. The van der Waals surface area contributed by atoms with Gasteiger partial charge in [0, 0.05) is 6.54 Å². The van der Waals surface area contributed by atoms with Gasteiger partial charge in [0.15, 0.2) is 0 Å². The third-order valence-corrected chi connectivity index (χ3v) is 3.99. The Morgan fingerprint density at radius 1 is 1.20 bits per heavy atom. The van der Waals surface area contributed by atoms with Crippen LogP contribution in [0.15, 0.2) is 30.3 Å². The van der Waals surface area contributed by atoms with E-state index in [0.29, 0.717) is 19.4 Å². The normalized spacial score (nSPS) is 19.5. The fourth-order valence-corrected chi connectivity index (χ4v) is 2.61. The first-order valence-corrected chi connectivity index (χ1v) is 8.11. The van der Waals surface area contributed by atoms with Crippen molar-refractivity contribution in [2.45, 2.75) is 32.2 Å². The van der Waals surface area contributed by atoms with E-state index >= 15 is 0 Å². The predicted octanol–water partition coefficient (Wildman–Crippen LogP) is 0.775. The van der Waals surface area contributed by atoms with Crippen molar-refractivity contribution in [3.63, 3.8) is 0 Å². The molecule has 0 bridgehead atoms. The zero-order valence-electron chi connectivity index (χ0n) is 14.3. The third kappa shape index (κ3) is 4.56. The number of hydrogen-bond acceptors (Lipinski definition) is 4. The van der Waals surface area contributed by atoms with Crippen LogP contribution in [0.5, 0.6) is 0 Å². The highest BCUT2D eigenvalue weighted by Crippen LogP contribution is 2.23. The van der Waals surface area contributed by atoms with Gasteiger partial charge in [-0.2, -0.15) is 0 Å². The predicted molar refractivity (Wildman–Crippen MR) is 90.6 cm³/mol. The van der Waals surface area contributed by atoms with E-state index in [1.807, 2.05) is 30.3 Å². The Hall–Kier alpha value is -2.90. The van der Waals surface area contributed by atoms with Crippen LogP contribution >= 0.6 is 0 Å². The number of nitrogens with zero attached hydrogens (tertiary/aromatic N) is 1. The quantitative estimate of drug-likeness (QED) is 0.661. The molecule has 1 heterocycles. The number of imide groups is 2. The highest BCUT2D eigenvalue weighted by atomic mass is 16.2. The van der Waals surface area contributed by atoms with Crippen LogP contribution in [-0.2, 0) is 16.0 Å². The molecule has 1 saturated heterocycles. The minimum Gasteiger partial charge on any atom is -0.338 e. The molecule has 134 valence electrons. The van der Waals surface area contributed by atoms with Crippen molar-refractivity contribution < 1.29 is 19.2 Å². The second kappa shape index (κ2) is 7.78. The monoisotopic (exact) mass is 346 g/mol. The van der Waals surface area contributed by atoms with Crippen molar-refractivity contribution in [1.82, 2.24) is 20.9 Å². The van der Waals surface area contributed by atoms with Crippen molar-refractivity contribution in [1.29, 1.82) is 0 Å². The van der Waals surface area contributed by atoms with Crippen LogP contribution in [0.1, 0.15) is 25.8 Å². The molecule has 1 aromatic rings. The van der Waals surface area contributed by atoms with Crippen molar-refractivity contribution in [2.75, 3.05) is 13.1 Å². The maximum absolute atomic E-state index is 12.6. The van der Waals surface area contributed by atoms with E-state index in [4.69, 9.17) is 0 Å². The molecule has 8 nitrogen and oxygen atoms in total. The van der Waals surface area contributed by atoms with Crippen molar-refractivity contribution >= 4 is 23.9 Å². The van der Waals surface area contributed by atoms with Crippen LogP contribution in [0.2, 0.25) is 0 Å². The molecule has 2 rings (SSSR count). The molecule has 0 saturated carbocycles. The summed E-state index contributed by atoms with van der Waals surface area (Å²) in [7, 11) is 0. The molecule has 3 N–H and O–H groups in total. The SMILES string of the molecule is CCNC(=O)NC(=O)CN1C(=O)N[C@](C)(CCc2ccccc2)C1=O. The van der Waals surface area contributed by atoms with Crippen molar-refractivity contribution in [3.8, 4) is 0 Å². The maximum Gasteiger partial charge on any atom is 0.325 e. The summed E-state index contributed by atoms with van der Waals surface area (Å²) in [5, 5.41) is 7.12. The molecule has 1 aliphatic heterocycles. The summed E-state index contributed by atoms with van der Waals surface area (Å²) < 4.78 is 0. The summed E-state index contributed by atoms with van der Waals surface area (Å²) in [4.78, 5) is 48.6. The zero-order valence-corrected chi connectivity index (χ0v) is 14.3. The second-order valence-corrected chi connectivity index (χ2v) is 6.05. The van der Waals surface area contributed by atoms with Gasteiger partial charge in [0.2, 0.25) is 5.91 Å². The van der Waals surface area contributed by atoms with Gasteiger partial charge in [-0.25, -0.2) is 9.59 Å². The standard InChI is InChI=1S/C17H22N4O4/c1-3-18-15(24)19-13(22)11-21-14(23)17(2,20-16(21)25)10-9-12-7-5-4-6-8-12/h4-8H,3,9-11H2,1-2H3,(H,20,25)(H2,18,19,22,24)/t17-/m1/s1. The molecule has 1 aliphatic rings. The largest absolute Gasteiger partial charge is 0.338 e. The lowest BCUT2D eigenvalue weighted by Crippen LogP contribution is -2.47. The van der Waals surface area contributed by atoms with Gasteiger partial charge in [0.05, 0.1) is 0 Å². The van der Waals surface area contributed by atoms with Crippen molar-refractivity contribution in [2.24, 2.45) is 0 Å². The summed E-state index contributed by atoms with van der Waals surface area (Å²) in [6, 6.07) is 8.32. The average Bonchev–Trinajstić information content (AvgIpc) is 2.78. The molecule has 1 fully saturated rings. The molecule has 8 heteroatoms. The fourth-order valence-electron chi connectivity index (χ4n) is 2.61. The summed E-state index contributed by atoms with van der Waals surface area (Å²) >= 11 is 0. The van der Waals surface area contributed by atoms with E-state index < -0.39 is 36.0 Å². The molecule has 0 radical (unpaired) electrons. The van der Waals surface area contributed by atoms with Gasteiger partial charge in [-0.3, -0.25) is 19.8 Å². The lowest BCUT2D eigenvalue weighted by Gasteiger charge is -2.21. The number of rotatable bonds is 6. The molecule has 0 aromatic heterocycles. The Labute approximate surface area is 145 Å². The lowest BCUT2D eigenvalue weighted by atomic mass is 9.93. The Kier molecular flexibility index (Phi) is 5.74. The fraction of sp³-hybridized carbons (Fsp3) is 0.412. The molecular formula is C17H22N4O4. The number of urea groups is 2. The van der Waals surface area contributed by atoms with E-state index in [9.17, 15) is 19.2 Å². The molecular weight excluding hydrogens is 324 g/mol. The smallest absolute Gasteiger partial charge is 0.325 e. The van der Waals surface area contributed by atoms with Crippen molar-refractivity contribution in [3.05, 3.63) is 35.9 Å². The first-order valence-electron chi connectivity index (χ1n) is 8.11. The Morgan fingerprint density at radius 3 is 2.52 bits per heavy atom. The summed E-state index contributed by atoms with van der Waals surface area (Å²) in [5.41, 5.74) is -0.0167. The Balaban J connectivity index is 1.96. The molecule has 1 aromatic carbocycles. The Bertz CT molecular complexity index is 676. The topological polar surface area (TPSA) is 108 Å². The first-order chi connectivity index (χ1) is 11.9. The van der Waals surface area contributed by atoms with Crippen LogP contribution < -0.4 is 16.0 Å². The minimum absolute atomic E-state index is 0.361. The van der Waals surface area contributed by atoms with Crippen LogP contribution in [0.4, 0.5) is 9.59 Å². The van der Waals surface area contributed by atoms with E-state index in [-0.39, 0.29) is 0 Å². The number of amides is 6. The maximum atomic E-state index is 12.6. The van der Waals surface area contributed by atoms with Gasteiger partial charge in [0.25, 0.3) is 5.91 Å². The first kappa shape index (κ1) is 18.4. The van der Waals surface area contributed by atoms with Crippen LogP contribution in [0, 0.1) is 0 Å². The van der Waals surface area contributed by atoms with E-state index in [1.54, 1.807) is 13.8 Å². The van der Waals surface area contributed by atoms with Gasteiger partial charge in [-0.05, 0) is 32.3 Å². The highest BCUT2D eigenvalue weighted by Gasteiger charge is 2.47. The molecule has 0 spiro atoms. The summed E-state index contributed by atoms with van der Waals surface area (Å²) in [6.07, 6.45) is 1.03. The van der Waals surface area contributed by atoms with Gasteiger partial charge in [-0.15, -0.1) is 0 Å². The molecule has 0 unspecified atom stereocenters. The molecule has 25 heavy (non-hydrogen) atoms. The van der Waals surface area contributed by atoms with Gasteiger partial charge < -0.3 is 10.6 Å². The number of nitrogens with one attached hydrogen (secondary N) is 3. The summed E-state index contributed by atoms with van der Waals surface area (Å²) in [5.74, 6) is -1.19. The number of carbonyl (C=O) groups excluding carboxylic acids is 4. The van der Waals surface area contributed by atoms with E-state index in [2.05, 4.69) is 16.0 Å². The van der Waals surface area contributed by atoms with Crippen LogP contribution in [0.3, 0.4) is 0 Å². The zero-order chi connectivity index (χ0) is 18.4. The number of carbonyl (C=O) groups is 4. The van der Waals surface area contributed by atoms with Gasteiger partial charge in [0.1, 0.15) is 12.1 Å². The lowest BCUT2D eigenvalue weighted by molar-refractivity contribution is -0.134. The molecule has 0 aliphatic carbocycles. The number of benzene rings is 1. The van der Waals surface area contributed by atoms with Crippen LogP contribution in [-0.4, -0.2) is 47.4 Å². The third-order valence-electron chi connectivity index (χ3n) is 3.99. The average molecular weight is 346 g/mol. The highest BCUT2D eigenvalue weighted by molar-refractivity contribution is 6.09. The second-order valence-electron chi connectivity index (χ2n) is 6.05. The summed E-state index contributed by atoms with van der Waals surface area (Å²) in [6.45, 7) is 3.21. The van der Waals surface area contributed by atoms with E-state index in [0.717, 1.165) is 10.5 Å². The van der Waals surface area contributed by atoms with Gasteiger partial charge in [-0.1, -0.05) is 30.3 Å². The minimum atomic E-state index is -1.07. The van der Waals surface area contributed by atoms with Crippen LogP contribution in [0.25, 0.3) is 0 Å². The Morgan fingerprint density at radius 2 is 1.88 bits per heavy atom.